The van der Waals surface area contributed by atoms with Crippen LogP contribution in [-0.4, -0.2) is 22.4 Å². The molecule has 0 N–H and O–H groups in total. The minimum absolute atomic E-state index is 0.0403. The van der Waals surface area contributed by atoms with Gasteiger partial charge in [-0.25, -0.2) is 0 Å². The highest BCUT2D eigenvalue weighted by Crippen LogP contribution is 2.03. The van der Waals surface area contributed by atoms with Crippen LogP contribution in [-0.2, 0) is 9.16 Å². The van der Waals surface area contributed by atoms with Gasteiger partial charge in [0.15, 0.2) is 9.04 Å². The van der Waals surface area contributed by atoms with Crippen LogP contribution in [0.3, 0.4) is 0 Å². The van der Waals surface area contributed by atoms with E-state index in [-0.39, 0.29) is 6.29 Å². The van der Waals surface area contributed by atoms with Crippen molar-refractivity contribution in [2.24, 2.45) is 0 Å². The van der Waals surface area contributed by atoms with E-state index >= 15 is 0 Å². The van der Waals surface area contributed by atoms with E-state index in [9.17, 15) is 0 Å². The molecular weight excluding hydrogens is 156 g/mol. The van der Waals surface area contributed by atoms with E-state index in [4.69, 9.17) is 9.16 Å². The summed E-state index contributed by atoms with van der Waals surface area (Å²) in [6, 6.07) is 1.15. The second-order valence-electron chi connectivity index (χ2n) is 2.62. The number of ether oxygens (including phenoxy) is 1. The maximum atomic E-state index is 5.57. The molecule has 0 amide bonds. The van der Waals surface area contributed by atoms with Crippen LogP contribution in [0.5, 0.6) is 0 Å². The van der Waals surface area contributed by atoms with Crippen LogP contribution in [0.25, 0.3) is 0 Å². The zero-order valence-corrected chi connectivity index (χ0v) is 8.82. The van der Waals surface area contributed by atoms with E-state index in [1.54, 1.807) is 7.11 Å². The van der Waals surface area contributed by atoms with Crippen molar-refractivity contribution in [3.63, 3.8) is 0 Å². The Labute approximate surface area is 70.9 Å². The van der Waals surface area contributed by atoms with Crippen LogP contribution in [0.15, 0.2) is 12.7 Å². The first-order valence-corrected chi connectivity index (χ1v) is 6.44. The second-order valence-corrected chi connectivity index (χ2v) is 5.09. The Morgan fingerprint density at radius 3 is 2.73 bits per heavy atom. The van der Waals surface area contributed by atoms with Crippen LogP contribution in [0.2, 0.25) is 12.6 Å². The van der Waals surface area contributed by atoms with Gasteiger partial charge in [-0.15, -0.1) is 6.58 Å². The summed E-state index contributed by atoms with van der Waals surface area (Å²) in [5, 5.41) is 0. The van der Waals surface area contributed by atoms with Crippen molar-refractivity contribution in [1.29, 1.82) is 0 Å². The van der Waals surface area contributed by atoms with E-state index < -0.39 is 9.04 Å². The lowest BCUT2D eigenvalue weighted by Gasteiger charge is -2.16. The number of allylic oxidation sites excluding steroid dienone is 1. The minimum Gasteiger partial charge on any atom is -0.396 e. The molecule has 0 aromatic heterocycles. The highest BCUT2D eigenvalue weighted by atomic mass is 28.3. The molecule has 0 radical (unpaired) electrons. The average molecular weight is 174 g/mol. The second kappa shape index (κ2) is 6.58. The van der Waals surface area contributed by atoms with Gasteiger partial charge in [0, 0.05) is 7.11 Å². The molecule has 0 aliphatic carbocycles. The summed E-state index contributed by atoms with van der Waals surface area (Å²) < 4.78 is 10.6. The van der Waals surface area contributed by atoms with Crippen molar-refractivity contribution in [3.05, 3.63) is 12.7 Å². The largest absolute Gasteiger partial charge is 0.396 e. The third-order valence-corrected chi connectivity index (χ3v) is 3.53. The molecule has 0 bridgehead atoms. The molecule has 0 fully saturated rings. The summed E-state index contributed by atoms with van der Waals surface area (Å²) in [7, 11) is 0.674. The number of methoxy groups -OCH3 is 1. The van der Waals surface area contributed by atoms with Gasteiger partial charge in [-0.2, -0.15) is 0 Å². The van der Waals surface area contributed by atoms with Gasteiger partial charge in [0.05, 0.1) is 0 Å². The SMILES string of the molecule is C=CCC[SiH](C)OC(C)OC. The molecule has 0 aliphatic heterocycles. The third-order valence-electron chi connectivity index (χ3n) is 1.53. The van der Waals surface area contributed by atoms with Crippen LogP contribution in [0.1, 0.15) is 13.3 Å². The first-order chi connectivity index (χ1) is 5.20. The predicted molar refractivity (Wildman–Crippen MR) is 50.2 cm³/mol. The number of hydrogen-bond donors (Lipinski definition) is 0. The molecule has 0 saturated carbocycles. The molecule has 0 spiro atoms. The lowest BCUT2D eigenvalue weighted by atomic mass is 10.5. The Bertz CT molecular complexity index is 106. The number of hydrogen-bond acceptors (Lipinski definition) is 2. The summed E-state index contributed by atoms with van der Waals surface area (Å²) >= 11 is 0. The molecule has 3 heteroatoms. The average Bonchev–Trinajstić information content (AvgIpc) is 2.00. The minimum atomic E-state index is -0.992. The van der Waals surface area contributed by atoms with Crippen molar-refractivity contribution >= 4 is 9.04 Å². The van der Waals surface area contributed by atoms with Gasteiger partial charge in [0.25, 0.3) is 0 Å². The van der Waals surface area contributed by atoms with Gasteiger partial charge in [0.2, 0.25) is 0 Å². The molecule has 11 heavy (non-hydrogen) atoms. The van der Waals surface area contributed by atoms with Crippen LogP contribution >= 0.6 is 0 Å². The first-order valence-electron chi connectivity index (χ1n) is 3.99. The molecule has 0 heterocycles. The Balaban J connectivity index is 3.34. The van der Waals surface area contributed by atoms with Gasteiger partial charge in [0.1, 0.15) is 6.29 Å². The third kappa shape index (κ3) is 6.28. The van der Waals surface area contributed by atoms with Gasteiger partial charge in [-0.3, -0.25) is 0 Å². The lowest BCUT2D eigenvalue weighted by molar-refractivity contribution is -0.0407. The van der Waals surface area contributed by atoms with E-state index in [1.807, 2.05) is 13.0 Å². The van der Waals surface area contributed by atoms with E-state index in [0.29, 0.717) is 0 Å². The molecule has 0 aromatic rings. The Morgan fingerprint density at radius 1 is 1.64 bits per heavy atom. The summed E-state index contributed by atoms with van der Waals surface area (Å²) in [5.41, 5.74) is 0. The summed E-state index contributed by atoms with van der Waals surface area (Å²) in [5.74, 6) is 0. The molecule has 0 aromatic carbocycles. The van der Waals surface area contributed by atoms with E-state index in [2.05, 4.69) is 13.1 Å². The number of rotatable bonds is 6. The van der Waals surface area contributed by atoms with Crippen molar-refractivity contribution in [2.45, 2.75) is 32.2 Å². The monoisotopic (exact) mass is 174 g/mol. The zero-order chi connectivity index (χ0) is 8.69. The molecule has 2 unspecified atom stereocenters. The molecule has 0 rings (SSSR count). The molecule has 66 valence electrons. The zero-order valence-electron chi connectivity index (χ0n) is 7.67. The van der Waals surface area contributed by atoms with Crippen molar-refractivity contribution in [2.75, 3.05) is 7.11 Å². The van der Waals surface area contributed by atoms with Crippen LogP contribution < -0.4 is 0 Å². The normalized spacial score (nSPS) is 15.9. The Morgan fingerprint density at radius 2 is 2.27 bits per heavy atom. The maximum absolute atomic E-state index is 5.57. The summed E-state index contributed by atoms with van der Waals surface area (Å²) in [4.78, 5) is 0. The van der Waals surface area contributed by atoms with Gasteiger partial charge >= 0.3 is 0 Å². The molecule has 2 nitrogen and oxygen atoms in total. The van der Waals surface area contributed by atoms with Crippen LogP contribution in [0, 0.1) is 0 Å². The Hall–Kier alpha value is -0.123. The fourth-order valence-electron chi connectivity index (χ4n) is 0.803. The molecule has 0 saturated heterocycles. The van der Waals surface area contributed by atoms with Crippen LogP contribution in [0.4, 0.5) is 0 Å². The summed E-state index contributed by atoms with van der Waals surface area (Å²) in [6.45, 7) is 7.77. The van der Waals surface area contributed by atoms with Gasteiger partial charge in [-0.05, 0) is 25.9 Å². The molecule has 0 aliphatic rings. The van der Waals surface area contributed by atoms with Crippen molar-refractivity contribution < 1.29 is 9.16 Å². The van der Waals surface area contributed by atoms with Crippen molar-refractivity contribution in [3.8, 4) is 0 Å². The highest BCUT2D eigenvalue weighted by molar-refractivity contribution is 6.50. The Kier molecular flexibility index (Phi) is 6.50. The van der Waals surface area contributed by atoms with Crippen molar-refractivity contribution in [1.82, 2.24) is 0 Å². The topological polar surface area (TPSA) is 18.5 Å². The summed E-state index contributed by atoms with van der Waals surface area (Å²) in [6.07, 6.45) is 2.95. The maximum Gasteiger partial charge on any atom is 0.177 e. The fraction of sp³-hybridized carbons (Fsp3) is 0.750. The van der Waals surface area contributed by atoms with E-state index in [0.717, 1.165) is 12.5 Å². The fourth-order valence-corrected chi connectivity index (χ4v) is 2.41. The molecule has 2 atom stereocenters. The molecular formula is C8H18O2Si. The smallest absolute Gasteiger partial charge is 0.177 e. The lowest BCUT2D eigenvalue weighted by Crippen LogP contribution is -2.21. The first kappa shape index (κ1) is 10.9. The highest BCUT2D eigenvalue weighted by Gasteiger charge is 2.07. The standard InChI is InChI=1S/C8H18O2Si/c1-5-6-7-11(4)10-8(2)9-3/h5,8,11H,1,6-7H2,2-4H3. The van der Waals surface area contributed by atoms with Gasteiger partial charge < -0.3 is 9.16 Å². The predicted octanol–water partition coefficient (Wildman–Crippen LogP) is 1.93. The quantitative estimate of drug-likeness (QED) is 0.348. The van der Waals surface area contributed by atoms with Gasteiger partial charge in [-0.1, -0.05) is 6.08 Å². The van der Waals surface area contributed by atoms with E-state index in [1.165, 1.54) is 0 Å².